The molecule has 1 aromatic heterocycles. The normalized spacial score (nSPS) is 15.5. The first kappa shape index (κ1) is 21.3. The van der Waals surface area contributed by atoms with E-state index in [0.29, 0.717) is 18.7 Å². The van der Waals surface area contributed by atoms with E-state index in [9.17, 15) is 4.79 Å². The zero-order valence-electron chi connectivity index (χ0n) is 18.3. The number of aryl methyl sites for hydroxylation is 2. The van der Waals surface area contributed by atoms with Gasteiger partial charge in [-0.3, -0.25) is 14.4 Å². The average Bonchev–Trinajstić information content (AvgIpc) is 3.12. The zero-order valence-corrected chi connectivity index (χ0v) is 18.3. The molecular formula is C25H30N4O2. The Hall–Kier alpha value is -2.96. The second-order valence-electron chi connectivity index (χ2n) is 8.07. The van der Waals surface area contributed by atoms with Crippen molar-refractivity contribution in [2.45, 2.75) is 26.4 Å². The van der Waals surface area contributed by atoms with Crippen LogP contribution in [0.25, 0.3) is 0 Å². The number of hydrogen-bond acceptors (Lipinski definition) is 4. The van der Waals surface area contributed by atoms with Crippen LogP contribution in [-0.2, 0) is 11.3 Å². The zero-order chi connectivity index (χ0) is 21.6. The number of aromatic nitrogens is 2. The van der Waals surface area contributed by atoms with E-state index in [4.69, 9.17) is 4.74 Å². The SMILES string of the molecule is Cc1cc(C)n(Cc2cccc(C(=O)NCC(c3ccccc3)N3CCOCC3)c2)n1. The molecule has 0 radical (unpaired) electrons. The van der Waals surface area contributed by atoms with E-state index in [1.54, 1.807) is 0 Å². The molecule has 1 unspecified atom stereocenters. The molecule has 0 bridgehead atoms. The summed E-state index contributed by atoms with van der Waals surface area (Å²) in [6, 6.07) is 20.4. The van der Waals surface area contributed by atoms with Gasteiger partial charge in [0, 0.05) is 30.9 Å². The number of hydrogen-bond donors (Lipinski definition) is 1. The fourth-order valence-electron chi connectivity index (χ4n) is 4.13. The van der Waals surface area contributed by atoms with Gasteiger partial charge in [0.2, 0.25) is 0 Å². The maximum atomic E-state index is 13.0. The molecule has 3 aromatic rings. The Morgan fingerprint density at radius 2 is 1.84 bits per heavy atom. The van der Waals surface area contributed by atoms with Crippen LogP contribution in [0, 0.1) is 13.8 Å². The molecule has 0 aliphatic carbocycles. The van der Waals surface area contributed by atoms with Gasteiger partial charge in [-0.1, -0.05) is 42.5 Å². The van der Waals surface area contributed by atoms with Crippen molar-refractivity contribution >= 4 is 5.91 Å². The van der Waals surface area contributed by atoms with Crippen LogP contribution in [0.4, 0.5) is 0 Å². The monoisotopic (exact) mass is 418 g/mol. The van der Waals surface area contributed by atoms with Gasteiger partial charge in [-0.2, -0.15) is 5.10 Å². The number of nitrogens with one attached hydrogen (secondary N) is 1. The van der Waals surface area contributed by atoms with Crippen LogP contribution in [-0.4, -0.2) is 53.4 Å². The van der Waals surface area contributed by atoms with Crippen molar-refractivity contribution in [3.05, 3.63) is 88.7 Å². The molecule has 4 rings (SSSR count). The summed E-state index contributed by atoms with van der Waals surface area (Å²) >= 11 is 0. The number of amides is 1. The molecule has 6 nitrogen and oxygen atoms in total. The van der Waals surface area contributed by atoms with Gasteiger partial charge in [-0.15, -0.1) is 0 Å². The van der Waals surface area contributed by atoms with Crippen LogP contribution in [0.2, 0.25) is 0 Å². The van der Waals surface area contributed by atoms with E-state index < -0.39 is 0 Å². The molecule has 6 heteroatoms. The van der Waals surface area contributed by atoms with Crippen molar-refractivity contribution in [3.8, 4) is 0 Å². The maximum Gasteiger partial charge on any atom is 0.251 e. The molecule has 1 fully saturated rings. The molecule has 2 aromatic carbocycles. The second kappa shape index (κ2) is 9.90. The van der Waals surface area contributed by atoms with E-state index in [-0.39, 0.29) is 11.9 Å². The number of morpholine rings is 1. The molecule has 1 aliphatic rings. The minimum absolute atomic E-state index is 0.0515. The molecule has 162 valence electrons. The van der Waals surface area contributed by atoms with Gasteiger partial charge in [0.15, 0.2) is 0 Å². The number of nitrogens with zero attached hydrogens (tertiary/aromatic N) is 3. The largest absolute Gasteiger partial charge is 0.379 e. The first-order valence-electron chi connectivity index (χ1n) is 10.8. The Labute approximate surface area is 183 Å². The third kappa shape index (κ3) is 5.40. The maximum absolute atomic E-state index is 13.0. The summed E-state index contributed by atoms with van der Waals surface area (Å²) < 4.78 is 7.48. The Morgan fingerprint density at radius 1 is 1.06 bits per heavy atom. The van der Waals surface area contributed by atoms with Gasteiger partial charge >= 0.3 is 0 Å². The highest BCUT2D eigenvalue weighted by Crippen LogP contribution is 2.21. The fourth-order valence-corrected chi connectivity index (χ4v) is 4.13. The van der Waals surface area contributed by atoms with E-state index in [1.807, 2.05) is 61.0 Å². The highest BCUT2D eigenvalue weighted by atomic mass is 16.5. The van der Waals surface area contributed by atoms with Gasteiger partial charge in [-0.05, 0) is 43.2 Å². The number of rotatable bonds is 7. The highest BCUT2D eigenvalue weighted by Gasteiger charge is 2.23. The van der Waals surface area contributed by atoms with Crippen LogP contribution < -0.4 is 5.32 Å². The first-order chi connectivity index (χ1) is 15.1. The smallest absolute Gasteiger partial charge is 0.251 e. The quantitative estimate of drug-likeness (QED) is 0.639. The molecule has 1 amide bonds. The molecule has 0 saturated carbocycles. The molecule has 1 aliphatic heterocycles. The summed E-state index contributed by atoms with van der Waals surface area (Å²) in [5, 5.41) is 7.68. The van der Waals surface area contributed by atoms with Gasteiger partial charge in [-0.25, -0.2) is 0 Å². The molecule has 31 heavy (non-hydrogen) atoms. The van der Waals surface area contributed by atoms with E-state index in [1.165, 1.54) is 5.56 Å². The van der Waals surface area contributed by atoms with Gasteiger partial charge in [0.1, 0.15) is 0 Å². The van der Waals surface area contributed by atoms with Gasteiger partial charge < -0.3 is 10.1 Å². The van der Waals surface area contributed by atoms with E-state index in [0.717, 1.165) is 43.3 Å². The molecule has 1 atom stereocenters. The van der Waals surface area contributed by atoms with Crippen molar-refractivity contribution in [1.82, 2.24) is 20.0 Å². The molecule has 2 heterocycles. The standard InChI is InChI=1S/C25H30N4O2/c1-19-15-20(2)29(27-19)18-21-7-6-10-23(16-21)25(30)26-17-24(22-8-4-3-5-9-22)28-11-13-31-14-12-28/h3-10,15-16,24H,11-14,17-18H2,1-2H3,(H,26,30). The highest BCUT2D eigenvalue weighted by molar-refractivity contribution is 5.94. The predicted molar refractivity (Wildman–Crippen MR) is 121 cm³/mol. The van der Waals surface area contributed by atoms with Crippen molar-refractivity contribution < 1.29 is 9.53 Å². The van der Waals surface area contributed by atoms with Crippen LogP contribution in [0.3, 0.4) is 0 Å². The van der Waals surface area contributed by atoms with Gasteiger partial charge in [0.25, 0.3) is 5.91 Å². The molecular weight excluding hydrogens is 388 g/mol. The number of carbonyl (C=O) groups is 1. The third-order valence-corrected chi connectivity index (χ3v) is 5.75. The summed E-state index contributed by atoms with van der Waals surface area (Å²) in [5.41, 5.74) is 5.06. The summed E-state index contributed by atoms with van der Waals surface area (Å²) in [7, 11) is 0. The number of ether oxygens (including phenoxy) is 1. The predicted octanol–water partition coefficient (Wildman–Crippen LogP) is 3.35. The lowest BCUT2D eigenvalue weighted by Crippen LogP contribution is -2.43. The topological polar surface area (TPSA) is 59.4 Å². The lowest BCUT2D eigenvalue weighted by molar-refractivity contribution is 0.0162. The summed E-state index contributed by atoms with van der Waals surface area (Å²) in [6.07, 6.45) is 0. The molecule has 0 spiro atoms. The van der Waals surface area contributed by atoms with Crippen LogP contribution in [0.1, 0.15) is 38.9 Å². The van der Waals surface area contributed by atoms with Crippen molar-refractivity contribution in [2.24, 2.45) is 0 Å². The second-order valence-corrected chi connectivity index (χ2v) is 8.07. The number of benzene rings is 2. The summed E-state index contributed by atoms with van der Waals surface area (Å²) in [6.45, 7) is 8.45. The van der Waals surface area contributed by atoms with Crippen molar-refractivity contribution in [2.75, 3.05) is 32.8 Å². The third-order valence-electron chi connectivity index (χ3n) is 5.75. The van der Waals surface area contributed by atoms with Crippen molar-refractivity contribution in [1.29, 1.82) is 0 Å². The minimum Gasteiger partial charge on any atom is -0.379 e. The van der Waals surface area contributed by atoms with Crippen LogP contribution in [0.5, 0.6) is 0 Å². The van der Waals surface area contributed by atoms with Crippen LogP contribution >= 0.6 is 0 Å². The average molecular weight is 419 g/mol. The minimum atomic E-state index is -0.0515. The first-order valence-corrected chi connectivity index (χ1v) is 10.8. The van der Waals surface area contributed by atoms with Crippen LogP contribution in [0.15, 0.2) is 60.7 Å². The van der Waals surface area contributed by atoms with Gasteiger partial charge in [0.05, 0.1) is 31.5 Å². The van der Waals surface area contributed by atoms with E-state index >= 15 is 0 Å². The Kier molecular flexibility index (Phi) is 6.79. The lowest BCUT2D eigenvalue weighted by atomic mass is 10.0. The summed E-state index contributed by atoms with van der Waals surface area (Å²) in [5.74, 6) is -0.0515. The Bertz CT molecular complexity index is 1010. The van der Waals surface area contributed by atoms with Crippen molar-refractivity contribution in [3.63, 3.8) is 0 Å². The van der Waals surface area contributed by atoms with E-state index in [2.05, 4.69) is 33.5 Å². The Morgan fingerprint density at radius 3 is 2.55 bits per heavy atom. The Balaban J connectivity index is 1.44. The summed E-state index contributed by atoms with van der Waals surface area (Å²) in [4.78, 5) is 15.3. The fraction of sp³-hybridized carbons (Fsp3) is 0.360. The number of carbonyl (C=O) groups excluding carboxylic acids is 1. The molecule has 1 saturated heterocycles. The molecule has 1 N–H and O–H groups in total. The lowest BCUT2D eigenvalue weighted by Gasteiger charge is -2.35.